The summed E-state index contributed by atoms with van der Waals surface area (Å²) in [5, 5.41) is 1.42. The Morgan fingerprint density at radius 1 is 1.38 bits per heavy atom. The van der Waals surface area contributed by atoms with E-state index in [2.05, 4.69) is 9.97 Å². The molecule has 3 rings (SSSR count). The Balaban J connectivity index is 2.04. The molecule has 0 aliphatic carbocycles. The van der Waals surface area contributed by atoms with Crippen LogP contribution in [0, 0.1) is 5.92 Å². The molecule has 0 aromatic carbocycles. The third-order valence-electron chi connectivity index (χ3n) is 2.71. The summed E-state index contributed by atoms with van der Waals surface area (Å²) in [5.41, 5.74) is 0.789. The molecule has 6 heteroatoms. The fourth-order valence-electron chi connectivity index (χ4n) is 1.82. The largest absolute Gasteiger partial charge is 0.381 e. The molecule has 0 spiro atoms. The molecule has 2 aromatic rings. The highest BCUT2D eigenvalue weighted by Gasteiger charge is 2.20. The molecule has 0 amide bonds. The quantitative estimate of drug-likeness (QED) is 0.613. The molecule has 4 nitrogen and oxygen atoms in total. The van der Waals surface area contributed by atoms with Crippen LogP contribution >= 0.6 is 23.2 Å². The first kappa shape index (κ1) is 10.3. The van der Waals surface area contributed by atoms with Gasteiger partial charge < -0.3 is 9.30 Å². The van der Waals surface area contributed by atoms with Gasteiger partial charge in [0.05, 0.1) is 18.6 Å². The smallest absolute Gasteiger partial charge is 0.225 e. The number of halogens is 2. The van der Waals surface area contributed by atoms with Gasteiger partial charge in [-0.2, -0.15) is 4.98 Å². The molecule has 16 heavy (non-hydrogen) atoms. The number of nitrogens with zero attached hydrogens (tertiary/aromatic N) is 3. The first-order chi connectivity index (χ1) is 7.74. The van der Waals surface area contributed by atoms with Crippen molar-refractivity contribution in [3.63, 3.8) is 0 Å². The Labute approximate surface area is 102 Å². The van der Waals surface area contributed by atoms with Gasteiger partial charge in [-0.15, -0.1) is 0 Å². The molecule has 1 aliphatic rings. The summed E-state index contributed by atoms with van der Waals surface area (Å²) in [6.45, 7) is 2.51. The van der Waals surface area contributed by atoms with Crippen LogP contribution in [0.4, 0.5) is 0 Å². The molecule has 84 valence electrons. The van der Waals surface area contributed by atoms with Crippen LogP contribution in [0.1, 0.15) is 0 Å². The molecule has 2 aromatic heterocycles. The number of ether oxygens (including phenoxy) is 1. The second kappa shape index (κ2) is 3.87. The fraction of sp³-hybridized carbons (Fsp3) is 0.400. The highest BCUT2D eigenvalue weighted by Crippen LogP contribution is 2.24. The first-order valence-corrected chi connectivity index (χ1v) is 5.75. The minimum absolute atomic E-state index is 0.183. The molecule has 0 N–H and O–H groups in total. The lowest BCUT2D eigenvalue weighted by atomic mass is 10.1. The van der Waals surface area contributed by atoms with E-state index in [1.54, 1.807) is 0 Å². The van der Waals surface area contributed by atoms with E-state index in [-0.39, 0.29) is 5.28 Å². The predicted octanol–water partition coefficient (Wildman–Crippen LogP) is 2.38. The van der Waals surface area contributed by atoms with Gasteiger partial charge in [-0.3, -0.25) is 0 Å². The third-order valence-corrected chi connectivity index (χ3v) is 3.16. The molecule has 0 saturated carbocycles. The lowest BCUT2D eigenvalue weighted by molar-refractivity contribution is -0.0389. The van der Waals surface area contributed by atoms with E-state index in [4.69, 9.17) is 27.9 Å². The van der Waals surface area contributed by atoms with Gasteiger partial charge in [0.2, 0.25) is 5.28 Å². The summed E-state index contributed by atoms with van der Waals surface area (Å²) in [6.07, 6.45) is 1.96. The summed E-state index contributed by atoms with van der Waals surface area (Å²) in [5.74, 6) is 0.558. The van der Waals surface area contributed by atoms with Gasteiger partial charge in [-0.1, -0.05) is 11.6 Å². The van der Waals surface area contributed by atoms with Crippen molar-refractivity contribution in [1.82, 2.24) is 14.5 Å². The Kier molecular flexibility index (Phi) is 2.50. The van der Waals surface area contributed by atoms with E-state index in [1.165, 1.54) is 0 Å². The van der Waals surface area contributed by atoms with Crippen molar-refractivity contribution in [3.05, 3.63) is 22.7 Å². The van der Waals surface area contributed by atoms with Gasteiger partial charge in [-0.05, 0) is 17.7 Å². The zero-order valence-electron chi connectivity index (χ0n) is 8.36. The van der Waals surface area contributed by atoms with Gasteiger partial charge in [0, 0.05) is 18.7 Å². The minimum atomic E-state index is 0.183. The molecule has 0 unspecified atom stereocenters. The van der Waals surface area contributed by atoms with Crippen LogP contribution in [0.2, 0.25) is 10.4 Å². The molecule has 0 radical (unpaired) electrons. The van der Waals surface area contributed by atoms with E-state index in [0.29, 0.717) is 11.1 Å². The molecule has 0 atom stereocenters. The van der Waals surface area contributed by atoms with Gasteiger partial charge in [0.1, 0.15) is 10.8 Å². The number of hydrogen-bond donors (Lipinski definition) is 0. The zero-order chi connectivity index (χ0) is 11.1. The van der Waals surface area contributed by atoms with Gasteiger partial charge in [-0.25, -0.2) is 4.98 Å². The second-order valence-corrected chi connectivity index (χ2v) is 4.59. The van der Waals surface area contributed by atoms with Crippen LogP contribution < -0.4 is 0 Å². The molecule has 3 heterocycles. The minimum Gasteiger partial charge on any atom is -0.381 e. The van der Waals surface area contributed by atoms with Crippen molar-refractivity contribution in [2.24, 2.45) is 5.92 Å². The van der Waals surface area contributed by atoms with Crippen molar-refractivity contribution in [2.45, 2.75) is 6.54 Å². The van der Waals surface area contributed by atoms with Gasteiger partial charge in [0.25, 0.3) is 0 Å². The van der Waals surface area contributed by atoms with E-state index < -0.39 is 0 Å². The van der Waals surface area contributed by atoms with E-state index in [1.807, 2.05) is 16.8 Å². The molecule has 1 fully saturated rings. The molecular weight excluding hydrogens is 249 g/mol. The summed E-state index contributed by atoms with van der Waals surface area (Å²) in [7, 11) is 0. The lowest BCUT2D eigenvalue weighted by Crippen LogP contribution is -2.31. The van der Waals surface area contributed by atoms with E-state index in [0.717, 1.165) is 30.8 Å². The van der Waals surface area contributed by atoms with Gasteiger partial charge in [0.15, 0.2) is 0 Å². The van der Waals surface area contributed by atoms with Crippen LogP contribution in [-0.4, -0.2) is 27.7 Å². The van der Waals surface area contributed by atoms with E-state index in [9.17, 15) is 0 Å². The number of hydrogen-bond acceptors (Lipinski definition) is 3. The average molecular weight is 258 g/mol. The summed E-state index contributed by atoms with van der Waals surface area (Å²) < 4.78 is 7.19. The van der Waals surface area contributed by atoms with Gasteiger partial charge >= 0.3 is 0 Å². The van der Waals surface area contributed by atoms with Crippen LogP contribution in [0.15, 0.2) is 12.3 Å². The predicted molar refractivity (Wildman–Crippen MR) is 61.9 cm³/mol. The number of rotatable bonds is 2. The van der Waals surface area contributed by atoms with Crippen molar-refractivity contribution in [1.29, 1.82) is 0 Å². The maximum absolute atomic E-state index is 5.99. The molecule has 1 aliphatic heterocycles. The Hall–Kier alpha value is -0.840. The van der Waals surface area contributed by atoms with Crippen molar-refractivity contribution in [3.8, 4) is 0 Å². The third kappa shape index (κ3) is 1.67. The maximum Gasteiger partial charge on any atom is 0.225 e. The Morgan fingerprint density at radius 2 is 2.19 bits per heavy atom. The van der Waals surface area contributed by atoms with Crippen LogP contribution in [0.5, 0.6) is 0 Å². The number of fused-ring (bicyclic) bond motifs is 1. The highest BCUT2D eigenvalue weighted by atomic mass is 35.5. The summed E-state index contributed by atoms with van der Waals surface area (Å²) >= 11 is 11.8. The second-order valence-electron chi connectivity index (χ2n) is 3.89. The van der Waals surface area contributed by atoms with Crippen LogP contribution in [-0.2, 0) is 11.3 Å². The maximum atomic E-state index is 5.99. The van der Waals surface area contributed by atoms with Crippen LogP contribution in [0.3, 0.4) is 0 Å². The normalized spacial score (nSPS) is 16.6. The zero-order valence-corrected chi connectivity index (χ0v) is 9.87. The molecular formula is C10H9Cl2N3O. The van der Waals surface area contributed by atoms with E-state index >= 15 is 0 Å². The SMILES string of the molecule is Clc1nc(Cl)c2ccn(CC3COC3)c2n1. The molecule has 0 bridgehead atoms. The number of aromatic nitrogens is 3. The van der Waals surface area contributed by atoms with Crippen molar-refractivity contribution in [2.75, 3.05) is 13.2 Å². The molecule has 1 saturated heterocycles. The topological polar surface area (TPSA) is 39.9 Å². The van der Waals surface area contributed by atoms with Crippen LogP contribution in [0.25, 0.3) is 11.0 Å². The summed E-state index contributed by atoms with van der Waals surface area (Å²) in [4.78, 5) is 8.11. The Bertz CT molecular complexity index is 536. The highest BCUT2D eigenvalue weighted by molar-refractivity contribution is 6.35. The first-order valence-electron chi connectivity index (χ1n) is 4.99. The fourth-order valence-corrected chi connectivity index (χ4v) is 2.25. The monoisotopic (exact) mass is 257 g/mol. The standard InChI is InChI=1S/C10H9Cl2N3O/c11-8-7-1-2-15(3-6-4-16-5-6)9(7)14-10(12)13-8/h1-2,6H,3-5H2. The van der Waals surface area contributed by atoms with Crippen molar-refractivity contribution >= 4 is 34.2 Å². The Morgan fingerprint density at radius 3 is 2.88 bits per heavy atom. The lowest BCUT2D eigenvalue weighted by Gasteiger charge is -2.26. The van der Waals surface area contributed by atoms with Crippen molar-refractivity contribution < 1.29 is 4.74 Å². The average Bonchev–Trinajstić information content (AvgIpc) is 2.55. The summed E-state index contributed by atoms with van der Waals surface area (Å²) in [6, 6.07) is 1.91.